The topological polar surface area (TPSA) is 44.1 Å². The van der Waals surface area contributed by atoms with Crippen LogP contribution in [0.15, 0.2) is 16.6 Å². The number of rotatable bonds is 4. The van der Waals surface area contributed by atoms with E-state index in [0.29, 0.717) is 16.3 Å². The molecule has 0 N–H and O–H groups in total. The van der Waals surface area contributed by atoms with Gasteiger partial charge in [-0.25, -0.2) is 0 Å². The van der Waals surface area contributed by atoms with Crippen molar-refractivity contribution in [1.29, 1.82) is 0 Å². The van der Waals surface area contributed by atoms with E-state index < -0.39 is 0 Å². The maximum Gasteiger partial charge on any atom is 0.153 e. The summed E-state index contributed by atoms with van der Waals surface area (Å²) in [6.45, 7) is 4.00. The van der Waals surface area contributed by atoms with Gasteiger partial charge in [0.05, 0.1) is 22.0 Å². The number of halogens is 2. The molecule has 2 rings (SSSR count). The Morgan fingerprint density at radius 3 is 2.70 bits per heavy atom. The van der Waals surface area contributed by atoms with Crippen LogP contribution < -0.4 is 4.74 Å². The Morgan fingerprint density at radius 1 is 1.45 bits per heavy atom. The molecule has 6 heteroatoms. The molecule has 0 saturated carbocycles. The fraction of sp³-hybridized carbons (Fsp3) is 0.286. The first kappa shape index (κ1) is 15.1. The molecule has 0 aliphatic heterocycles. The number of aldehydes is 1. The maximum absolute atomic E-state index is 11.1. The van der Waals surface area contributed by atoms with E-state index in [0.717, 1.165) is 27.7 Å². The van der Waals surface area contributed by atoms with Crippen LogP contribution in [-0.2, 0) is 13.7 Å². The largest absolute Gasteiger partial charge is 0.486 e. The summed E-state index contributed by atoms with van der Waals surface area (Å²) >= 11 is 9.54. The first-order valence-electron chi connectivity index (χ1n) is 6.00. The Labute approximate surface area is 130 Å². The zero-order valence-electron chi connectivity index (χ0n) is 11.4. The van der Waals surface area contributed by atoms with Crippen LogP contribution in [0.5, 0.6) is 5.75 Å². The summed E-state index contributed by atoms with van der Waals surface area (Å²) in [6.07, 6.45) is 0.781. The minimum atomic E-state index is 0.263. The van der Waals surface area contributed by atoms with Crippen molar-refractivity contribution in [2.75, 3.05) is 0 Å². The summed E-state index contributed by atoms with van der Waals surface area (Å²) in [6, 6.07) is 3.63. The molecule has 0 amide bonds. The first-order chi connectivity index (χ1) is 9.43. The van der Waals surface area contributed by atoms with Gasteiger partial charge in [-0.2, -0.15) is 5.10 Å². The van der Waals surface area contributed by atoms with Gasteiger partial charge in [0.15, 0.2) is 6.29 Å². The fourth-order valence-electron chi connectivity index (χ4n) is 2.02. The molecule has 0 unspecified atom stereocenters. The van der Waals surface area contributed by atoms with Crippen LogP contribution in [0.2, 0.25) is 5.02 Å². The Hall–Kier alpha value is -1.33. The Balaban J connectivity index is 2.29. The molecule has 2 aromatic rings. The monoisotopic (exact) mass is 356 g/mol. The van der Waals surface area contributed by atoms with Gasteiger partial charge < -0.3 is 4.74 Å². The number of carbonyl (C=O) groups is 1. The lowest BCUT2D eigenvalue weighted by atomic mass is 10.1. The third kappa shape index (κ3) is 2.88. The normalized spacial score (nSPS) is 10.7. The summed E-state index contributed by atoms with van der Waals surface area (Å²) in [5.41, 5.74) is 2.93. The molecular formula is C14H14BrClN2O2. The minimum absolute atomic E-state index is 0.263. The predicted octanol–water partition coefficient (Wildman–Crippen LogP) is 3.84. The van der Waals surface area contributed by atoms with Crippen molar-refractivity contribution >= 4 is 33.8 Å². The van der Waals surface area contributed by atoms with Crippen LogP contribution in [0.1, 0.15) is 27.3 Å². The molecule has 0 aliphatic carbocycles. The van der Waals surface area contributed by atoms with Gasteiger partial charge in [-0.05, 0) is 31.5 Å². The van der Waals surface area contributed by atoms with Gasteiger partial charge in [0, 0.05) is 11.5 Å². The van der Waals surface area contributed by atoms with E-state index in [9.17, 15) is 4.79 Å². The molecule has 20 heavy (non-hydrogen) atoms. The van der Waals surface area contributed by atoms with E-state index >= 15 is 0 Å². The van der Waals surface area contributed by atoms with E-state index in [2.05, 4.69) is 21.0 Å². The second-order valence-electron chi connectivity index (χ2n) is 4.52. The number of hydrogen-bond donors (Lipinski definition) is 0. The van der Waals surface area contributed by atoms with Crippen LogP contribution >= 0.6 is 27.5 Å². The molecule has 1 heterocycles. The average molecular weight is 358 g/mol. The Morgan fingerprint density at radius 2 is 2.15 bits per heavy atom. The highest BCUT2D eigenvalue weighted by atomic mass is 79.9. The number of aryl methyl sites for hydroxylation is 3. The van der Waals surface area contributed by atoms with Crippen molar-refractivity contribution in [2.45, 2.75) is 20.5 Å². The maximum atomic E-state index is 11.1. The number of hydrogen-bond acceptors (Lipinski definition) is 3. The summed E-state index contributed by atoms with van der Waals surface area (Å²) in [7, 11) is 1.81. The lowest BCUT2D eigenvalue weighted by molar-refractivity contribution is 0.111. The molecule has 106 valence electrons. The highest BCUT2D eigenvalue weighted by molar-refractivity contribution is 9.10. The van der Waals surface area contributed by atoms with Crippen LogP contribution in [0, 0.1) is 13.8 Å². The third-order valence-electron chi connectivity index (χ3n) is 3.01. The van der Waals surface area contributed by atoms with Crippen LogP contribution in [0.25, 0.3) is 0 Å². The molecule has 4 nitrogen and oxygen atoms in total. The number of benzene rings is 1. The molecule has 0 aliphatic rings. The first-order valence-corrected chi connectivity index (χ1v) is 7.17. The lowest BCUT2D eigenvalue weighted by Crippen LogP contribution is -2.06. The zero-order valence-corrected chi connectivity index (χ0v) is 13.7. The number of ether oxygens (including phenoxy) is 1. The molecule has 0 radical (unpaired) electrons. The lowest BCUT2D eigenvalue weighted by Gasteiger charge is -2.12. The summed E-state index contributed by atoms with van der Waals surface area (Å²) in [5.74, 6) is 0.568. The van der Waals surface area contributed by atoms with Crippen LogP contribution in [0.3, 0.4) is 0 Å². The Kier molecular flexibility index (Phi) is 4.50. The highest BCUT2D eigenvalue weighted by Gasteiger charge is 2.14. The van der Waals surface area contributed by atoms with Crippen molar-refractivity contribution < 1.29 is 9.53 Å². The molecule has 1 aromatic heterocycles. The van der Waals surface area contributed by atoms with Gasteiger partial charge >= 0.3 is 0 Å². The number of nitrogens with zero attached hydrogens (tertiary/aromatic N) is 2. The van der Waals surface area contributed by atoms with Gasteiger partial charge in [-0.3, -0.25) is 9.48 Å². The summed E-state index contributed by atoms with van der Waals surface area (Å²) in [4.78, 5) is 11.1. The summed E-state index contributed by atoms with van der Waals surface area (Å²) < 4.78 is 8.31. The van der Waals surface area contributed by atoms with Crippen LogP contribution in [0.4, 0.5) is 0 Å². The molecule has 0 saturated heterocycles. The third-order valence-corrected chi connectivity index (χ3v) is 3.96. The molecule has 0 fully saturated rings. The van der Waals surface area contributed by atoms with Gasteiger partial charge in [0.2, 0.25) is 0 Å². The van der Waals surface area contributed by atoms with E-state index in [1.54, 1.807) is 10.7 Å². The minimum Gasteiger partial charge on any atom is -0.486 e. The van der Waals surface area contributed by atoms with Crippen molar-refractivity contribution in [3.8, 4) is 5.75 Å². The smallest absolute Gasteiger partial charge is 0.153 e. The van der Waals surface area contributed by atoms with E-state index in [4.69, 9.17) is 16.3 Å². The predicted molar refractivity (Wildman–Crippen MR) is 81.6 cm³/mol. The number of aromatic nitrogens is 2. The second-order valence-corrected chi connectivity index (χ2v) is 5.81. The number of carbonyl (C=O) groups excluding carboxylic acids is 1. The molecule has 0 bridgehead atoms. The molecular weight excluding hydrogens is 344 g/mol. The molecule has 0 spiro atoms. The second kappa shape index (κ2) is 5.97. The van der Waals surface area contributed by atoms with E-state index in [1.165, 1.54) is 0 Å². The van der Waals surface area contributed by atoms with Crippen LogP contribution in [-0.4, -0.2) is 16.1 Å². The van der Waals surface area contributed by atoms with Gasteiger partial charge in [-0.1, -0.05) is 27.5 Å². The van der Waals surface area contributed by atoms with Gasteiger partial charge in [0.1, 0.15) is 12.4 Å². The van der Waals surface area contributed by atoms with Gasteiger partial charge in [0.25, 0.3) is 0 Å². The fourth-order valence-corrected chi connectivity index (χ4v) is 2.82. The van der Waals surface area contributed by atoms with Crippen molar-refractivity contribution in [3.63, 3.8) is 0 Å². The highest BCUT2D eigenvalue weighted by Crippen LogP contribution is 2.28. The molecule has 1 aromatic carbocycles. The average Bonchev–Trinajstić information content (AvgIpc) is 2.62. The van der Waals surface area contributed by atoms with Crippen molar-refractivity contribution in [2.24, 2.45) is 7.05 Å². The van der Waals surface area contributed by atoms with Gasteiger partial charge in [-0.15, -0.1) is 0 Å². The van der Waals surface area contributed by atoms with Crippen molar-refractivity contribution in [3.05, 3.63) is 44.1 Å². The van der Waals surface area contributed by atoms with E-state index in [-0.39, 0.29) is 6.61 Å². The Bertz CT molecular complexity index is 668. The quantitative estimate of drug-likeness (QED) is 0.781. The standard InChI is InChI=1S/C14H14BrClN2O2/c1-8-4-11(15)5-10(6-19)14(8)20-7-12-13(16)9(2)17-18(12)3/h4-6H,7H2,1-3H3. The SMILES string of the molecule is Cc1cc(Br)cc(C=O)c1OCc1c(Cl)c(C)nn1C. The van der Waals surface area contributed by atoms with Crippen molar-refractivity contribution in [1.82, 2.24) is 9.78 Å². The molecule has 0 atom stereocenters. The zero-order chi connectivity index (χ0) is 14.9. The van der Waals surface area contributed by atoms with E-state index in [1.807, 2.05) is 27.0 Å². The summed E-state index contributed by atoms with van der Waals surface area (Å²) in [5, 5.41) is 4.82.